The second-order valence-electron chi connectivity index (χ2n) is 6.04. The van der Waals surface area contributed by atoms with Gasteiger partial charge in [-0.2, -0.15) is 0 Å². The van der Waals surface area contributed by atoms with Crippen molar-refractivity contribution in [3.63, 3.8) is 0 Å². The van der Waals surface area contributed by atoms with Crippen molar-refractivity contribution < 1.29 is 23.0 Å². The Morgan fingerprint density at radius 1 is 1.26 bits per heavy atom. The third-order valence-corrected chi connectivity index (χ3v) is 4.21. The van der Waals surface area contributed by atoms with Crippen LogP contribution in [0.25, 0.3) is 10.9 Å². The Kier molecular flexibility index (Phi) is 4.69. The Morgan fingerprint density at radius 2 is 2.15 bits per heavy atom. The van der Waals surface area contributed by atoms with Gasteiger partial charge in [0.05, 0.1) is 29.3 Å². The van der Waals surface area contributed by atoms with Crippen molar-refractivity contribution in [1.29, 1.82) is 0 Å². The number of amides is 1. The van der Waals surface area contributed by atoms with E-state index >= 15 is 0 Å². The van der Waals surface area contributed by atoms with Crippen molar-refractivity contribution in [2.45, 2.75) is 6.10 Å². The van der Waals surface area contributed by atoms with E-state index < -0.39 is 17.7 Å². The fourth-order valence-electron chi connectivity index (χ4n) is 2.88. The van der Waals surface area contributed by atoms with E-state index in [0.717, 1.165) is 6.54 Å². The lowest BCUT2D eigenvalue weighted by Crippen LogP contribution is -2.33. The van der Waals surface area contributed by atoms with Gasteiger partial charge in [-0.05, 0) is 35.9 Å². The zero-order valence-electron chi connectivity index (χ0n) is 14.1. The van der Waals surface area contributed by atoms with E-state index in [9.17, 15) is 13.6 Å². The molecule has 4 rings (SSSR count). The summed E-state index contributed by atoms with van der Waals surface area (Å²) in [6.07, 6.45) is -1.14. The number of anilines is 1. The summed E-state index contributed by atoms with van der Waals surface area (Å²) in [7, 11) is 0. The van der Waals surface area contributed by atoms with E-state index in [1.807, 2.05) is 0 Å². The number of nitrogens with one attached hydrogen (secondary N) is 3. The normalized spacial score (nSPS) is 17.0. The fraction of sp³-hybridized carbons (Fsp3) is 0.222. The average Bonchev–Trinajstić information content (AvgIpc) is 3.05. The molecule has 2 heterocycles. The highest BCUT2D eigenvalue weighted by Crippen LogP contribution is 2.25. The molecule has 2 aromatic carbocycles. The van der Waals surface area contributed by atoms with Crippen LogP contribution >= 0.6 is 0 Å². The summed E-state index contributed by atoms with van der Waals surface area (Å²) in [5.74, 6) is -1.07. The van der Waals surface area contributed by atoms with E-state index in [2.05, 4.69) is 20.8 Å². The topological polar surface area (TPSA) is 88.3 Å². The maximum Gasteiger partial charge on any atom is 0.418 e. The van der Waals surface area contributed by atoms with Crippen LogP contribution in [0.2, 0.25) is 0 Å². The number of rotatable bonds is 3. The number of aromatic nitrogens is 2. The lowest BCUT2D eigenvalue weighted by atomic mass is 10.1. The molecule has 3 aromatic rings. The highest BCUT2D eigenvalue weighted by atomic mass is 19.1. The van der Waals surface area contributed by atoms with Crippen LogP contribution in [0.1, 0.15) is 11.7 Å². The Labute approximate surface area is 152 Å². The highest BCUT2D eigenvalue weighted by Gasteiger charge is 2.18. The molecule has 1 aliphatic rings. The maximum absolute atomic E-state index is 14.3. The zero-order chi connectivity index (χ0) is 18.8. The lowest BCUT2D eigenvalue weighted by Gasteiger charge is -2.24. The predicted octanol–water partition coefficient (Wildman–Crippen LogP) is 3.11. The van der Waals surface area contributed by atoms with Gasteiger partial charge in [-0.1, -0.05) is 6.07 Å². The minimum atomic E-state index is -0.907. The standard InChI is InChI=1S/C18H16F2N4O3/c19-11-2-3-12-15(8-11)23-24-17(12)27-18(25)22-14-4-1-10(7-13(14)20)16-9-21-5-6-26-16/h1-4,7-8,16,21H,5-6,9H2,(H,22,25)(H,23,24)/t16-/m0/s1. The largest absolute Gasteiger partial charge is 0.418 e. The molecule has 7 nitrogen and oxygen atoms in total. The van der Waals surface area contributed by atoms with Gasteiger partial charge in [0.25, 0.3) is 5.88 Å². The van der Waals surface area contributed by atoms with Crippen LogP contribution in [0, 0.1) is 11.6 Å². The van der Waals surface area contributed by atoms with E-state index in [1.165, 1.54) is 30.3 Å². The molecule has 1 aromatic heterocycles. The molecule has 0 spiro atoms. The number of fused-ring (bicyclic) bond motifs is 1. The van der Waals surface area contributed by atoms with Gasteiger partial charge >= 0.3 is 6.09 Å². The number of ether oxygens (including phenoxy) is 2. The van der Waals surface area contributed by atoms with Crippen molar-refractivity contribution in [1.82, 2.24) is 15.5 Å². The van der Waals surface area contributed by atoms with Crippen LogP contribution in [-0.2, 0) is 4.74 Å². The molecule has 1 saturated heterocycles. The van der Waals surface area contributed by atoms with Gasteiger partial charge in [0.15, 0.2) is 0 Å². The number of hydrogen-bond acceptors (Lipinski definition) is 5. The zero-order valence-corrected chi connectivity index (χ0v) is 14.1. The van der Waals surface area contributed by atoms with Crippen LogP contribution in [0.15, 0.2) is 36.4 Å². The number of H-pyrrole nitrogens is 1. The molecular formula is C18H16F2N4O3. The summed E-state index contributed by atoms with van der Waals surface area (Å²) < 4.78 is 38.2. The molecule has 140 valence electrons. The van der Waals surface area contributed by atoms with Crippen molar-refractivity contribution in [2.24, 2.45) is 0 Å². The second-order valence-corrected chi connectivity index (χ2v) is 6.04. The third-order valence-electron chi connectivity index (χ3n) is 4.21. The third kappa shape index (κ3) is 3.74. The minimum absolute atomic E-state index is 0.0267. The van der Waals surface area contributed by atoms with Crippen LogP contribution in [0.5, 0.6) is 5.88 Å². The fourth-order valence-corrected chi connectivity index (χ4v) is 2.88. The number of hydrogen-bond donors (Lipinski definition) is 3. The minimum Gasteiger partial charge on any atom is -0.389 e. The molecule has 1 atom stereocenters. The van der Waals surface area contributed by atoms with Gasteiger partial charge in [-0.25, -0.2) is 13.6 Å². The molecule has 0 bridgehead atoms. The summed E-state index contributed by atoms with van der Waals surface area (Å²) in [5, 5.41) is 12.3. The molecule has 1 aliphatic heterocycles. The Bertz CT molecular complexity index is 986. The van der Waals surface area contributed by atoms with Gasteiger partial charge in [0, 0.05) is 13.1 Å². The van der Waals surface area contributed by atoms with Gasteiger partial charge in [-0.15, -0.1) is 5.10 Å². The SMILES string of the molecule is O=C(Nc1ccc([C@@H]2CNCCO2)cc1F)Oc1n[nH]c2cc(F)ccc12. The molecule has 1 amide bonds. The number of morpholine rings is 1. The van der Waals surface area contributed by atoms with Gasteiger partial charge < -0.3 is 14.8 Å². The van der Waals surface area contributed by atoms with Crippen LogP contribution in [0.3, 0.4) is 0 Å². The molecule has 27 heavy (non-hydrogen) atoms. The Balaban J connectivity index is 1.45. The smallest absolute Gasteiger partial charge is 0.389 e. The molecule has 0 aliphatic carbocycles. The van der Waals surface area contributed by atoms with Crippen molar-refractivity contribution in [3.05, 3.63) is 53.6 Å². The average molecular weight is 374 g/mol. The molecule has 0 saturated carbocycles. The molecule has 0 unspecified atom stereocenters. The van der Waals surface area contributed by atoms with Crippen LogP contribution in [-0.4, -0.2) is 36.0 Å². The van der Waals surface area contributed by atoms with Crippen LogP contribution < -0.4 is 15.4 Å². The van der Waals surface area contributed by atoms with Gasteiger partial charge in [-0.3, -0.25) is 10.4 Å². The van der Waals surface area contributed by atoms with E-state index in [1.54, 1.807) is 6.07 Å². The van der Waals surface area contributed by atoms with Crippen molar-refractivity contribution in [2.75, 3.05) is 25.0 Å². The van der Waals surface area contributed by atoms with Gasteiger partial charge in [0.2, 0.25) is 0 Å². The summed E-state index contributed by atoms with van der Waals surface area (Å²) >= 11 is 0. The summed E-state index contributed by atoms with van der Waals surface area (Å²) in [5.41, 5.74) is 1.03. The second kappa shape index (κ2) is 7.29. The summed E-state index contributed by atoms with van der Waals surface area (Å²) in [4.78, 5) is 12.1. The Morgan fingerprint density at radius 3 is 2.93 bits per heavy atom. The lowest BCUT2D eigenvalue weighted by molar-refractivity contribution is 0.0275. The van der Waals surface area contributed by atoms with Gasteiger partial charge in [0.1, 0.15) is 11.6 Å². The number of carbonyl (C=O) groups excluding carboxylic acids is 1. The number of carbonyl (C=O) groups is 1. The molecule has 1 fully saturated rings. The first-order chi connectivity index (χ1) is 13.1. The van der Waals surface area contributed by atoms with E-state index in [-0.39, 0.29) is 17.7 Å². The van der Waals surface area contributed by atoms with Crippen molar-refractivity contribution in [3.8, 4) is 5.88 Å². The van der Waals surface area contributed by atoms with Crippen LogP contribution in [0.4, 0.5) is 19.3 Å². The first-order valence-electron chi connectivity index (χ1n) is 8.34. The molecule has 0 radical (unpaired) electrons. The predicted molar refractivity (Wildman–Crippen MR) is 93.7 cm³/mol. The number of halogens is 2. The molecule has 9 heteroatoms. The maximum atomic E-state index is 14.3. The monoisotopic (exact) mass is 374 g/mol. The summed E-state index contributed by atoms with van der Waals surface area (Å²) in [6.45, 7) is 1.92. The quantitative estimate of drug-likeness (QED) is 0.656. The summed E-state index contributed by atoms with van der Waals surface area (Å²) in [6, 6.07) is 8.34. The first kappa shape index (κ1) is 17.4. The molecule has 3 N–H and O–H groups in total. The van der Waals surface area contributed by atoms with E-state index in [4.69, 9.17) is 9.47 Å². The number of nitrogens with zero attached hydrogens (tertiary/aromatic N) is 1. The highest BCUT2D eigenvalue weighted by molar-refractivity contribution is 5.90. The molecular weight excluding hydrogens is 358 g/mol. The number of aromatic amines is 1. The number of benzene rings is 2. The first-order valence-corrected chi connectivity index (χ1v) is 8.34. The van der Waals surface area contributed by atoms with Crippen molar-refractivity contribution >= 4 is 22.7 Å². The Hall–Kier alpha value is -3.04. The van der Waals surface area contributed by atoms with E-state index in [0.29, 0.717) is 29.6 Å².